The van der Waals surface area contributed by atoms with E-state index in [0.717, 1.165) is 11.1 Å². The number of rotatable bonds is 6. The van der Waals surface area contributed by atoms with Gasteiger partial charge >= 0.3 is 0 Å². The number of nitriles is 1. The molecule has 0 radical (unpaired) electrons. The number of carbonyl (C=O) groups excluding carboxylic acids is 1. The molecule has 5 nitrogen and oxygen atoms in total. The average Bonchev–Trinajstić information content (AvgIpc) is 2.59. The molecular weight excluding hydrogens is 304 g/mol. The van der Waals surface area contributed by atoms with Gasteiger partial charge in [0.15, 0.2) is 6.10 Å². The van der Waals surface area contributed by atoms with Crippen molar-refractivity contribution in [3.05, 3.63) is 65.2 Å². The van der Waals surface area contributed by atoms with E-state index in [1.807, 2.05) is 37.3 Å². The summed E-state index contributed by atoms with van der Waals surface area (Å²) in [5.41, 5.74) is 2.22. The molecule has 0 saturated heterocycles. The molecule has 24 heavy (non-hydrogen) atoms. The molecule has 2 N–H and O–H groups in total. The molecule has 5 heteroatoms. The van der Waals surface area contributed by atoms with E-state index < -0.39 is 12.2 Å². The number of benzene rings is 2. The Hall–Kier alpha value is -2.84. The van der Waals surface area contributed by atoms with Crippen LogP contribution in [0.15, 0.2) is 48.5 Å². The summed E-state index contributed by atoms with van der Waals surface area (Å²) in [7, 11) is 0. The maximum atomic E-state index is 12.1. The fourth-order valence-corrected chi connectivity index (χ4v) is 2.31. The van der Waals surface area contributed by atoms with E-state index >= 15 is 0 Å². The van der Waals surface area contributed by atoms with E-state index in [1.54, 1.807) is 31.2 Å². The number of aliphatic hydroxyl groups excluding tert-OH is 1. The normalized spacial score (nSPS) is 12.8. The van der Waals surface area contributed by atoms with Crippen molar-refractivity contribution >= 4 is 5.91 Å². The van der Waals surface area contributed by atoms with Crippen molar-refractivity contribution in [3.8, 4) is 11.8 Å². The van der Waals surface area contributed by atoms with Crippen molar-refractivity contribution in [1.29, 1.82) is 5.26 Å². The van der Waals surface area contributed by atoms with E-state index in [4.69, 9.17) is 10.00 Å². The minimum atomic E-state index is -0.774. The molecule has 2 unspecified atom stereocenters. The molecule has 2 atom stereocenters. The molecule has 0 aliphatic rings. The van der Waals surface area contributed by atoms with Gasteiger partial charge in [-0.1, -0.05) is 30.3 Å². The zero-order valence-electron chi connectivity index (χ0n) is 13.7. The molecule has 2 rings (SSSR count). The molecule has 0 heterocycles. The summed E-state index contributed by atoms with van der Waals surface area (Å²) in [5, 5.41) is 21.7. The fourth-order valence-electron chi connectivity index (χ4n) is 2.31. The van der Waals surface area contributed by atoms with Crippen LogP contribution < -0.4 is 10.1 Å². The van der Waals surface area contributed by atoms with Gasteiger partial charge in [-0.2, -0.15) is 5.26 Å². The second-order valence-corrected chi connectivity index (χ2v) is 5.52. The zero-order valence-corrected chi connectivity index (χ0v) is 13.7. The van der Waals surface area contributed by atoms with Gasteiger partial charge in [0, 0.05) is 6.54 Å². The van der Waals surface area contributed by atoms with Gasteiger partial charge in [-0.25, -0.2) is 0 Å². The largest absolute Gasteiger partial charge is 0.481 e. The highest BCUT2D eigenvalue weighted by Crippen LogP contribution is 2.17. The number of hydrogen-bond acceptors (Lipinski definition) is 4. The van der Waals surface area contributed by atoms with E-state index in [0.29, 0.717) is 11.3 Å². The van der Waals surface area contributed by atoms with Gasteiger partial charge < -0.3 is 15.2 Å². The van der Waals surface area contributed by atoms with Gasteiger partial charge in [0.2, 0.25) is 0 Å². The van der Waals surface area contributed by atoms with E-state index in [1.165, 1.54) is 0 Å². The Morgan fingerprint density at radius 1 is 1.29 bits per heavy atom. The smallest absolute Gasteiger partial charge is 0.260 e. The molecule has 0 aliphatic heterocycles. The van der Waals surface area contributed by atoms with Crippen LogP contribution in [-0.2, 0) is 4.79 Å². The number of hydrogen-bond donors (Lipinski definition) is 2. The summed E-state index contributed by atoms with van der Waals surface area (Å²) in [6.07, 6.45) is -1.51. The number of amides is 1. The van der Waals surface area contributed by atoms with Crippen LogP contribution in [0, 0.1) is 18.3 Å². The predicted molar refractivity (Wildman–Crippen MR) is 90.4 cm³/mol. The quantitative estimate of drug-likeness (QED) is 0.855. The van der Waals surface area contributed by atoms with Crippen molar-refractivity contribution in [3.63, 3.8) is 0 Å². The molecule has 0 bridgehead atoms. The van der Waals surface area contributed by atoms with Crippen molar-refractivity contribution in [2.75, 3.05) is 6.54 Å². The summed E-state index contributed by atoms with van der Waals surface area (Å²) < 4.78 is 5.54. The molecular formula is C19H20N2O3. The lowest BCUT2D eigenvalue weighted by Crippen LogP contribution is -2.38. The van der Waals surface area contributed by atoms with Crippen LogP contribution in [-0.4, -0.2) is 23.7 Å². The van der Waals surface area contributed by atoms with Crippen LogP contribution in [0.3, 0.4) is 0 Å². The number of aliphatic hydroxyl groups is 1. The van der Waals surface area contributed by atoms with Crippen LogP contribution in [0.25, 0.3) is 0 Å². The molecule has 0 saturated carbocycles. The van der Waals surface area contributed by atoms with Crippen LogP contribution in [0.2, 0.25) is 0 Å². The van der Waals surface area contributed by atoms with Crippen LogP contribution in [0.1, 0.15) is 29.7 Å². The number of ether oxygens (including phenoxy) is 1. The Labute approximate surface area is 141 Å². The van der Waals surface area contributed by atoms with Gasteiger partial charge in [0.1, 0.15) is 5.75 Å². The molecule has 0 spiro atoms. The van der Waals surface area contributed by atoms with E-state index in [2.05, 4.69) is 5.32 Å². The third-order valence-corrected chi connectivity index (χ3v) is 3.66. The van der Waals surface area contributed by atoms with Gasteiger partial charge in [-0.05, 0) is 43.2 Å². The van der Waals surface area contributed by atoms with Crippen molar-refractivity contribution in [2.24, 2.45) is 0 Å². The highest BCUT2D eigenvalue weighted by atomic mass is 16.5. The first-order valence-electron chi connectivity index (χ1n) is 7.69. The first-order valence-corrected chi connectivity index (χ1v) is 7.69. The average molecular weight is 324 g/mol. The van der Waals surface area contributed by atoms with Crippen molar-refractivity contribution in [2.45, 2.75) is 26.1 Å². The second kappa shape index (κ2) is 8.14. The topological polar surface area (TPSA) is 82.3 Å². The van der Waals surface area contributed by atoms with Crippen molar-refractivity contribution in [1.82, 2.24) is 5.32 Å². The molecule has 0 aromatic heterocycles. The maximum Gasteiger partial charge on any atom is 0.260 e. The first kappa shape index (κ1) is 17.5. The summed E-state index contributed by atoms with van der Waals surface area (Å²) in [6, 6.07) is 16.1. The molecule has 1 amide bonds. The van der Waals surface area contributed by atoms with E-state index in [9.17, 15) is 9.90 Å². The second-order valence-electron chi connectivity index (χ2n) is 5.52. The Balaban J connectivity index is 1.90. The summed E-state index contributed by atoms with van der Waals surface area (Å²) >= 11 is 0. The Kier molecular flexibility index (Phi) is 5.94. The fraction of sp³-hybridized carbons (Fsp3) is 0.263. The lowest BCUT2D eigenvalue weighted by molar-refractivity contribution is -0.127. The number of carbonyl (C=O) groups is 1. The minimum Gasteiger partial charge on any atom is -0.481 e. The lowest BCUT2D eigenvalue weighted by Gasteiger charge is -2.18. The summed E-state index contributed by atoms with van der Waals surface area (Å²) in [6.45, 7) is 3.64. The van der Waals surface area contributed by atoms with E-state index in [-0.39, 0.29) is 12.5 Å². The first-order chi connectivity index (χ1) is 11.5. The van der Waals surface area contributed by atoms with Gasteiger partial charge in [-0.3, -0.25) is 4.79 Å². The molecule has 124 valence electrons. The molecule has 2 aromatic carbocycles. The van der Waals surface area contributed by atoms with Crippen molar-refractivity contribution < 1.29 is 14.6 Å². The third kappa shape index (κ3) is 4.58. The highest BCUT2D eigenvalue weighted by Gasteiger charge is 2.17. The maximum absolute atomic E-state index is 12.1. The van der Waals surface area contributed by atoms with Crippen LogP contribution in [0.4, 0.5) is 0 Å². The standard InChI is InChI=1S/C19H20N2O3/c1-13-6-3-4-9-17(13)18(22)12-21-19(23)14(2)24-16-8-5-7-15(10-16)11-20/h3-10,14,18,22H,12H2,1-2H3,(H,21,23). The molecule has 0 fully saturated rings. The molecule has 2 aromatic rings. The lowest BCUT2D eigenvalue weighted by atomic mass is 10.0. The highest BCUT2D eigenvalue weighted by molar-refractivity contribution is 5.80. The SMILES string of the molecule is Cc1ccccc1C(O)CNC(=O)C(C)Oc1cccc(C#N)c1. The zero-order chi connectivity index (χ0) is 17.5. The Bertz CT molecular complexity index is 752. The molecule has 0 aliphatic carbocycles. The summed E-state index contributed by atoms with van der Waals surface area (Å²) in [5.74, 6) is 0.126. The third-order valence-electron chi connectivity index (χ3n) is 3.66. The Morgan fingerprint density at radius 2 is 2.04 bits per heavy atom. The number of nitrogens with zero attached hydrogens (tertiary/aromatic N) is 1. The number of aryl methyl sites for hydroxylation is 1. The number of nitrogens with one attached hydrogen (secondary N) is 1. The minimum absolute atomic E-state index is 0.107. The monoisotopic (exact) mass is 324 g/mol. The van der Waals surface area contributed by atoms with Crippen LogP contribution in [0.5, 0.6) is 5.75 Å². The van der Waals surface area contributed by atoms with Crippen LogP contribution >= 0.6 is 0 Å². The Morgan fingerprint density at radius 3 is 2.75 bits per heavy atom. The summed E-state index contributed by atoms with van der Waals surface area (Å²) in [4.78, 5) is 12.1. The predicted octanol–water partition coefficient (Wildman–Crippen LogP) is 2.48. The van der Waals surface area contributed by atoms with Gasteiger partial charge in [-0.15, -0.1) is 0 Å². The van der Waals surface area contributed by atoms with Gasteiger partial charge in [0.05, 0.1) is 17.7 Å². The van der Waals surface area contributed by atoms with Gasteiger partial charge in [0.25, 0.3) is 5.91 Å².